The molecule has 0 aliphatic heterocycles. The second-order valence-electron chi connectivity index (χ2n) is 5.05. The molecule has 1 amide bonds. The highest BCUT2D eigenvalue weighted by Gasteiger charge is 2.30. The summed E-state index contributed by atoms with van der Waals surface area (Å²) in [6, 6.07) is 4.23. The van der Waals surface area contributed by atoms with E-state index < -0.39 is 15.5 Å². The molecular formula is C14H17FINO3. The SMILES string of the molecule is COC(=O)Nc1cc(C(O)(I)CCC2CC2)ccc1F. The second-order valence-corrected chi connectivity index (χ2v) is 6.84. The molecule has 110 valence electrons. The minimum absolute atomic E-state index is 0.0101. The zero-order valence-electron chi connectivity index (χ0n) is 11.2. The first-order valence-electron chi connectivity index (χ1n) is 6.48. The van der Waals surface area contributed by atoms with Gasteiger partial charge in [-0.2, -0.15) is 0 Å². The summed E-state index contributed by atoms with van der Waals surface area (Å²) < 4.78 is 17.0. The zero-order valence-corrected chi connectivity index (χ0v) is 13.3. The first-order chi connectivity index (χ1) is 9.42. The first kappa shape index (κ1) is 15.5. The Hall–Kier alpha value is -0.890. The van der Waals surface area contributed by atoms with Crippen molar-refractivity contribution in [3.05, 3.63) is 29.6 Å². The van der Waals surface area contributed by atoms with Gasteiger partial charge in [-0.15, -0.1) is 0 Å². The number of benzene rings is 1. The number of carbonyl (C=O) groups excluding carboxylic acids is 1. The van der Waals surface area contributed by atoms with Crippen LogP contribution in [0.15, 0.2) is 18.2 Å². The maximum atomic E-state index is 13.6. The van der Waals surface area contributed by atoms with Gasteiger partial charge in [0, 0.05) is 0 Å². The van der Waals surface area contributed by atoms with Crippen LogP contribution in [0.4, 0.5) is 14.9 Å². The highest BCUT2D eigenvalue weighted by molar-refractivity contribution is 14.1. The molecule has 1 atom stereocenters. The fourth-order valence-electron chi connectivity index (χ4n) is 1.97. The van der Waals surface area contributed by atoms with Crippen molar-refractivity contribution in [3.8, 4) is 0 Å². The van der Waals surface area contributed by atoms with Crippen LogP contribution in [0.2, 0.25) is 0 Å². The van der Waals surface area contributed by atoms with Crippen LogP contribution in [-0.2, 0) is 8.34 Å². The van der Waals surface area contributed by atoms with E-state index in [2.05, 4.69) is 10.1 Å². The molecule has 0 bridgehead atoms. The molecule has 1 unspecified atom stereocenters. The summed E-state index contributed by atoms with van der Waals surface area (Å²) in [5.74, 6) is 0.151. The lowest BCUT2D eigenvalue weighted by molar-refractivity contribution is 0.142. The highest BCUT2D eigenvalue weighted by Crippen LogP contribution is 2.41. The summed E-state index contributed by atoms with van der Waals surface area (Å²) in [5, 5.41) is 12.8. The molecule has 2 rings (SSSR count). The number of ether oxygens (including phenoxy) is 1. The minimum Gasteiger partial charge on any atom is -0.453 e. The average Bonchev–Trinajstić information content (AvgIpc) is 3.23. The Balaban J connectivity index is 2.13. The van der Waals surface area contributed by atoms with E-state index in [1.165, 1.54) is 38.2 Å². The Kier molecular flexibility index (Phi) is 4.85. The van der Waals surface area contributed by atoms with E-state index in [1.54, 1.807) is 0 Å². The first-order valence-corrected chi connectivity index (χ1v) is 7.56. The molecule has 1 fully saturated rings. The quantitative estimate of drug-likeness (QED) is 0.592. The van der Waals surface area contributed by atoms with E-state index in [0.717, 1.165) is 6.42 Å². The third kappa shape index (κ3) is 4.05. The van der Waals surface area contributed by atoms with E-state index in [4.69, 9.17) is 0 Å². The largest absolute Gasteiger partial charge is 0.453 e. The third-order valence-corrected chi connectivity index (χ3v) is 4.57. The highest BCUT2D eigenvalue weighted by atomic mass is 127. The molecule has 0 heterocycles. The lowest BCUT2D eigenvalue weighted by atomic mass is 10.0. The Labute approximate surface area is 130 Å². The number of rotatable bonds is 5. The van der Waals surface area contributed by atoms with Gasteiger partial charge < -0.3 is 9.84 Å². The van der Waals surface area contributed by atoms with Gasteiger partial charge in [0.15, 0.2) is 0 Å². The number of nitrogens with one attached hydrogen (secondary N) is 1. The molecule has 0 saturated heterocycles. The number of amides is 1. The number of hydrogen-bond donors (Lipinski definition) is 2. The van der Waals surface area contributed by atoms with Crippen LogP contribution in [0.25, 0.3) is 0 Å². The minimum atomic E-state index is -1.05. The van der Waals surface area contributed by atoms with Gasteiger partial charge in [-0.1, -0.05) is 18.9 Å². The molecule has 0 radical (unpaired) electrons. The monoisotopic (exact) mass is 393 g/mol. The van der Waals surface area contributed by atoms with Gasteiger partial charge in [-0.05, 0) is 59.0 Å². The van der Waals surface area contributed by atoms with Crippen molar-refractivity contribution in [2.24, 2.45) is 5.92 Å². The van der Waals surface area contributed by atoms with E-state index in [0.29, 0.717) is 17.9 Å². The number of carbonyl (C=O) groups is 1. The second kappa shape index (κ2) is 6.26. The summed E-state index contributed by atoms with van der Waals surface area (Å²) in [5.41, 5.74) is 0.586. The number of halogens is 2. The summed E-state index contributed by atoms with van der Waals surface area (Å²) in [4.78, 5) is 11.2. The molecule has 2 N–H and O–H groups in total. The molecule has 6 heteroatoms. The average molecular weight is 393 g/mol. The maximum Gasteiger partial charge on any atom is 0.411 e. The van der Waals surface area contributed by atoms with Crippen LogP contribution in [0, 0.1) is 11.7 Å². The lowest BCUT2D eigenvalue weighted by Gasteiger charge is -2.22. The molecule has 1 aliphatic carbocycles. The molecule has 1 saturated carbocycles. The topological polar surface area (TPSA) is 58.6 Å². The van der Waals surface area contributed by atoms with Crippen LogP contribution in [0.5, 0.6) is 0 Å². The zero-order chi connectivity index (χ0) is 14.8. The summed E-state index contributed by atoms with van der Waals surface area (Å²) in [7, 11) is 1.21. The van der Waals surface area contributed by atoms with Crippen molar-refractivity contribution in [3.63, 3.8) is 0 Å². The van der Waals surface area contributed by atoms with Gasteiger partial charge in [0.05, 0.1) is 12.8 Å². The summed E-state index contributed by atoms with van der Waals surface area (Å²) in [6.45, 7) is 0. The van der Waals surface area contributed by atoms with Crippen molar-refractivity contribution < 1.29 is 19.0 Å². The molecule has 1 aromatic rings. The number of methoxy groups -OCH3 is 1. The molecule has 20 heavy (non-hydrogen) atoms. The Morgan fingerprint density at radius 1 is 1.60 bits per heavy atom. The Morgan fingerprint density at radius 2 is 2.30 bits per heavy atom. The van der Waals surface area contributed by atoms with Gasteiger partial charge >= 0.3 is 6.09 Å². The van der Waals surface area contributed by atoms with Crippen LogP contribution in [0.1, 0.15) is 31.2 Å². The Bertz CT molecular complexity index is 503. The number of alkyl halides is 1. The standard InChI is InChI=1S/C14H17FINO3/c1-20-13(18)17-12-8-10(4-5-11(12)15)14(16,19)7-6-9-2-3-9/h4-5,8-9,19H,2-3,6-7H2,1H3,(H,17,18). The molecule has 4 nitrogen and oxygen atoms in total. The van der Waals surface area contributed by atoms with Crippen LogP contribution in [0.3, 0.4) is 0 Å². The Morgan fingerprint density at radius 3 is 2.90 bits per heavy atom. The van der Waals surface area contributed by atoms with Crippen molar-refractivity contribution in [2.45, 2.75) is 29.3 Å². The van der Waals surface area contributed by atoms with Crippen LogP contribution >= 0.6 is 22.6 Å². The fourth-order valence-corrected chi connectivity index (χ4v) is 2.61. The predicted molar refractivity (Wildman–Crippen MR) is 82.3 cm³/mol. The normalized spacial score (nSPS) is 17.4. The summed E-state index contributed by atoms with van der Waals surface area (Å²) >= 11 is 1.96. The number of aliphatic hydroxyl groups is 1. The van der Waals surface area contributed by atoms with Crippen molar-refractivity contribution in [2.75, 3.05) is 12.4 Å². The van der Waals surface area contributed by atoms with Crippen molar-refractivity contribution in [1.82, 2.24) is 0 Å². The molecule has 0 spiro atoms. The van der Waals surface area contributed by atoms with Gasteiger partial charge in [-0.3, -0.25) is 5.32 Å². The van der Waals surface area contributed by atoms with Crippen LogP contribution in [-0.4, -0.2) is 18.3 Å². The van der Waals surface area contributed by atoms with E-state index in [9.17, 15) is 14.3 Å². The van der Waals surface area contributed by atoms with Crippen molar-refractivity contribution >= 4 is 34.4 Å². The van der Waals surface area contributed by atoms with Crippen LogP contribution < -0.4 is 5.32 Å². The molecule has 1 aromatic carbocycles. The van der Waals surface area contributed by atoms with Gasteiger partial charge in [0.25, 0.3) is 0 Å². The van der Waals surface area contributed by atoms with E-state index in [-0.39, 0.29) is 5.69 Å². The maximum absolute atomic E-state index is 13.6. The summed E-state index contributed by atoms with van der Waals surface area (Å²) in [6.07, 6.45) is 3.28. The lowest BCUT2D eigenvalue weighted by Crippen LogP contribution is -2.19. The van der Waals surface area contributed by atoms with E-state index in [1.807, 2.05) is 22.6 Å². The third-order valence-electron chi connectivity index (χ3n) is 3.41. The smallest absolute Gasteiger partial charge is 0.411 e. The molecule has 0 aromatic heterocycles. The fraction of sp³-hybridized carbons (Fsp3) is 0.500. The molecular weight excluding hydrogens is 376 g/mol. The predicted octanol–water partition coefficient (Wildman–Crippen LogP) is 3.77. The van der Waals surface area contributed by atoms with Gasteiger partial charge in [0.2, 0.25) is 0 Å². The van der Waals surface area contributed by atoms with Gasteiger partial charge in [-0.25, -0.2) is 9.18 Å². The van der Waals surface area contributed by atoms with Gasteiger partial charge in [0.1, 0.15) is 9.43 Å². The number of hydrogen-bond acceptors (Lipinski definition) is 3. The van der Waals surface area contributed by atoms with E-state index >= 15 is 0 Å². The molecule has 1 aliphatic rings. The number of anilines is 1. The van der Waals surface area contributed by atoms with Crippen molar-refractivity contribution in [1.29, 1.82) is 0 Å².